The summed E-state index contributed by atoms with van der Waals surface area (Å²) in [6.45, 7) is 11.6. The number of amides is 4. The molecule has 4 saturated heterocycles. The van der Waals surface area contributed by atoms with Crippen LogP contribution in [0.3, 0.4) is 0 Å². The number of likely N-dealkylation sites (tertiary alicyclic amines) is 1. The van der Waals surface area contributed by atoms with Crippen molar-refractivity contribution in [3.05, 3.63) is 0 Å². The fourth-order valence-electron chi connectivity index (χ4n) is 16.2. The van der Waals surface area contributed by atoms with Gasteiger partial charge in [0.05, 0.1) is 123 Å². The van der Waals surface area contributed by atoms with Crippen LogP contribution in [0.2, 0.25) is 0 Å². The molecule has 4 aliphatic rings. The Morgan fingerprint density at radius 2 is 0.788 bits per heavy atom. The Morgan fingerprint density at radius 3 is 1.23 bits per heavy atom. The van der Waals surface area contributed by atoms with Crippen molar-refractivity contribution in [3.8, 4) is 0 Å². The van der Waals surface area contributed by atoms with Crippen LogP contribution in [0.15, 0.2) is 0 Å². The van der Waals surface area contributed by atoms with E-state index < -0.39 is 123 Å². The van der Waals surface area contributed by atoms with Gasteiger partial charge in [-0.3, -0.25) is 38.4 Å². The zero-order valence-corrected chi connectivity index (χ0v) is 83.2. The number of ether oxygens (including phenoxy) is 12. The molecule has 4 heterocycles. The van der Waals surface area contributed by atoms with Crippen molar-refractivity contribution in [2.45, 2.75) is 391 Å². The average Bonchev–Trinajstić information content (AvgIpc) is 1.80. The first-order valence-electron chi connectivity index (χ1n) is 47.9. The SMILES string of the molecule is C.C.CO[C@H]1C[C@H](CO)N(C(=O)CCCCC(=O)CCC(C)(C)SSCCOCCOCCC(=O)CC(CCCOC(=O)CCCCCCCNC(=O)CCCOC2OC(CO)C(O)C(O)C2C)(CCCOC(=O)CCCCCCCNC(=O)CCCOC2OC(CO)C(O)C(O)C2C)CCCOC(=O)NCCCCCCCC(=O)CCCOC2OC(CO)C(O)C(O)C2C)C1.[Y]. The van der Waals surface area contributed by atoms with Gasteiger partial charge in [0, 0.05) is 165 Å². The summed E-state index contributed by atoms with van der Waals surface area (Å²) >= 11 is 0. The number of aliphatic hydroxyl groups excluding tert-OH is 10. The molecule has 0 aromatic heterocycles. The first-order chi connectivity index (χ1) is 62.0. The quantitative estimate of drug-likeness (QED) is 0.0117. The maximum absolute atomic E-state index is 14.2. The van der Waals surface area contributed by atoms with Gasteiger partial charge in [0.15, 0.2) is 18.9 Å². The average molecular weight is 2010 g/mol. The number of alkyl carbamates (subject to hydrolysis) is 1. The Labute approximate surface area is 819 Å². The number of ketones is 3. The van der Waals surface area contributed by atoms with E-state index in [2.05, 4.69) is 29.8 Å². The Hall–Kier alpha value is -3.33. The first kappa shape index (κ1) is 127. The summed E-state index contributed by atoms with van der Waals surface area (Å²) in [7, 11) is 4.98. The van der Waals surface area contributed by atoms with E-state index in [4.69, 9.17) is 56.8 Å². The molecule has 13 N–H and O–H groups in total. The van der Waals surface area contributed by atoms with Crippen LogP contribution in [0.4, 0.5) is 4.79 Å². The fourth-order valence-corrected chi connectivity index (χ4v) is 18.7. The maximum Gasteiger partial charge on any atom is 0.407 e. The third kappa shape index (κ3) is 53.9. The summed E-state index contributed by atoms with van der Waals surface area (Å²) in [5.74, 6) is -1.62. The molecule has 4 rings (SSSR count). The van der Waals surface area contributed by atoms with Crippen LogP contribution in [0.5, 0.6) is 0 Å². The third-order valence-corrected chi connectivity index (χ3v) is 27.8. The van der Waals surface area contributed by atoms with Gasteiger partial charge in [-0.15, -0.1) is 0 Å². The summed E-state index contributed by atoms with van der Waals surface area (Å²) in [6, 6.07) is -0.233. The number of carbonyl (C=O) groups excluding carboxylic acids is 9. The fraction of sp³-hybridized carbons (Fsp3) is 0.904. The van der Waals surface area contributed by atoms with Crippen LogP contribution in [0, 0.1) is 23.2 Å². The smallest absolute Gasteiger partial charge is 0.407 e. The Balaban J connectivity index is 0.0000290. The van der Waals surface area contributed by atoms with Crippen molar-refractivity contribution in [1.82, 2.24) is 20.9 Å². The molecule has 15 unspecified atom stereocenters. The summed E-state index contributed by atoms with van der Waals surface area (Å²) in [5.41, 5.74) is -0.680. The van der Waals surface area contributed by atoms with Gasteiger partial charge in [0.1, 0.15) is 54.0 Å². The van der Waals surface area contributed by atoms with E-state index in [0.29, 0.717) is 180 Å². The van der Waals surface area contributed by atoms with Crippen molar-refractivity contribution in [1.29, 1.82) is 0 Å². The number of hydrogen-bond donors (Lipinski definition) is 13. The predicted octanol–water partition coefficient (Wildman–Crippen LogP) is 8.90. The monoisotopic (exact) mass is 2010 g/mol. The van der Waals surface area contributed by atoms with Crippen LogP contribution in [-0.4, -0.2) is 331 Å². The molecular formula is C94H172N4O31S2Y. The van der Waals surface area contributed by atoms with Crippen LogP contribution in [0.1, 0.15) is 300 Å². The number of nitrogens with zero attached hydrogens (tertiary/aromatic N) is 1. The Bertz CT molecular complexity index is 2850. The van der Waals surface area contributed by atoms with Gasteiger partial charge < -0.3 is 129 Å². The van der Waals surface area contributed by atoms with Gasteiger partial charge >= 0.3 is 18.0 Å². The van der Waals surface area contributed by atoms with Gasteiger partial charge in [-0.05, 0) is 141 Å². The van der Waals surface area contributed by atoms with Crippen LogP contribution in [-0.2, 0) is 128 Å². The molecule has 4 amide bonds. The van der Waals surface area contributed by atoms with E-state index in [-0.39, 0.29) is 209 Å². The van der Waals surface area contributed by atoms with Gasteiger partial charge in [0.25, 0.3) is 0 Å². The minimum atomic E-state index is -1.23. The van der Waals surface area contributed by atoms with E-state index in [1.165, 1.54) is 0 Å². The molecule has 0 spiro atoms. The van der Waals surface area contributed by atoms with Crippen molar-refractivity contribution >= 4 is 74.7 Å². The van der Waals surface area contributed by atoms with E-state index in [0.717, 1.165) is 77.0 Å². The third-order valence-electron chi connectivity index (χ3n) is 24.5. The van der Waals surface area contributed by atoms with Gasteiger partial charge in [-0.2, -0.15) is 0 Å². The number of Topliss-reactive ketones (excluding diaryl/α,β-unsaturated/α-hetero) is 3. The minimum Gasteiger partial charge on any atom is -0.466 e. The van der Waals surface area contributed by atoms with Gasteiger partial charge in [0.2, 0.25) is 17.7 Å². The minimum absolute atomic E-state index is 0. The number of methoxy groups -OCH3 is 1. The van der Waals surface area contributed by atoms with Gasteiger partial charge in [-0.25, -0.2) is 4.79 Å². The second-order valence-electron chi connectivity index (χ2n) is 35.8. The number of esters is 2. The van der Waals surface area contributed by atoms with Crippen molar-refractivity contribution < 1.29 is 184 Å². The molecule has 0 saturated carbocycles. The zero-order chi connectivity index (χ0) is 94.6. The molecule has 0 aliphatic carbocycles. The molecule has 38 heteroatoms. The topological polar surface area (TPSA) is 506 Å². The number of hydrogen-bond acceptors (Lipinski definition) is 33. The first-order valence-corrected chi connectivity index (χ1v) is 50.2. The van der Waals surface area contributed by atoms with Crippen molar-refractivity contribution in [2.75, 3.05) is 132 Å². The number of carbonyl (C=O) groups is 9. The maximum atomic E-state index is 14.2. The number of aliphatic hydroxyl groups is 10. The van der Waals surface area contributed by atoms with E-state index >= 15 is 0 Å². The summed E-state index contributed by atoms with van der Waals surface area (Å²) in [4.78, 5) is 119. The largest absolute Gasteiger partial charge is 0.466 e. The molecule has 17 atom stereocenters. The van der Waals surface area contributed by atoms with Crippen LogP contribution < -0.4 is 16.0 Å². The van der Waals surface area contributed by atoms with E-state index in [1.54, 1.807) is 54.4 Å². The molecule has 35 nitrogen and oxygen atoms in total. The zero-order valence-electron chi connectivity index (χ0n) is 78.7. The van der Waals surface area contributed by atoms with Crippen molar-refractivity contribution in [3.63, 3.8) is 0 Å². The van der Waals surface area contributed by atoms with Crippen LogP contribution in [0.25, 0.3) is 0 Å². The Morgan fingerprint density at radius 1 is 0.402 bits per heavy atom. The molecule has 0 bridgehead atoms. The molecule has 0 aromatic rings. The number of rotatable bonds is 77. The molecule has 4 fully saturated rings. The number of nitrogens with one attached hydrogen (secondary N) is 3. The van der Waals surface area contributed by atoms with Crippen molar-refractivity contribution in [2.24, 2.45) is 23.2 Å². The second-order valence-corrected chi connectivity index (χ2v) is 38.9. The summed E-state index contributed by atoms with van der Waals surface area (Å²) < 4.78 is 68.3. The normalized spacial score (nSPS) is 24.1. The molecule has 4 aliphatic heterocycles. The van der Waals surface area contributed by atoms with Gasteiger partial charge in [-0.1, -0.05) is 115 Å². The summed E-state index contributed by atoms with van der Waals surface area (Å²) in [6.07, 6.45) is 8.05. The summed E-state index contributed by atoms with van der Waals surface area (Å²) in [5, 5.41) is 108. The van der Waals surface area contributed by atoms with E-state index in [9.17, 15) is 94.2 Å². The molecular weight excluding hydrogens is 1830 g/mol. The molecule has 769 valence electrons. The molecule has 0 aromatic carbocycles. The standard InChI is InChI=1S/C92H164N4O31S2.2CH4.Y/c1-65-81(109)84(112)73(62-98)125-87(65)121-47-24-32-69(101)30-16-10-7-15-23-46-95-90(115)124-52-29-42-92(40-27-50-119-79(107)36-17-11-8-13-21-44-93-76(104)33-25-48-122-88-66(2)82(110)85(113)74(63-99)126-88,41-28-51-120-80(108)37-18-12-9-14-22-45-94-77(105)34-26-49-123-89-67(3)83(111)86(114)75(64-100)127-89)59-71(103)39-53-117-54-55-118-56-57-128-129-91(4,5)43-38-70(102)31-19-20-35-78(106)96-60-72(116-6)58-68(96)61-97;;;/h65-68,72-75,81-89,97-100,109-114H,7-64H2,1-6H3,(H,93,104)(H,94,105)(H,95,115);2*1H4;/t65?,66?,67?,68-,72+,73?,74?,75?,81?,82?,83?,84?,85?,86?,87?,88?,89?,92?;;;/m1.../s1. The Kier molecular flexibility index (Phi) is 72.5. The predicted molar refractivity (Wildman–Crippen MR) is 496 cm³/mol. The second kappa shape index (κ2) is 75.5. The molecule has 132 heavy (non-hydrogen) atoms. The molecule has 1 radical (unpaired) electrons. The van der Waals surface area contributed by atoms with Crippen LogP contribution >= 0.6 is 21.6 Å². The van der Waals surface area contributed by atoms with E-state index in [1.807, 2.05) is 0 Å². The number of unbranched alkanes of at least 4 members (excludes halogenated alkanes) is 13.